The predicted molar refractivity (Wildman–Crippen MR) is 86.4 cm³/mol. The van der Waals surface area contributed by atoms with E-state index in [0.29, 0.717) is 16.7 Å². The quantitative estimate of drug-likeness (QED) is 0.601. The van der Waals surface area contributed by atoms with Gasteiger partial charge in [-0.25, -0.2) is 0 Å². The SMILES string of the molecule is CCCOc1cccc(C(Cl)c2ccc(Cl)c(Cl)c2)c1. The van der Waals surface area contributed by atoms with E-state index >= 15 is 0 Å². The molecular formula is C16H15Cl3O. The summed E-state index contributed by atoms with van der Waals surface area (Å²) in [7, 11) is 0. The van der Waals surface area contributed by atoms with Crippen LogP contribution < -0.4 is 4.74 Å². The van der Waals surface area contributed by atoms with E-state index in [-0.39, 0.29) is 5.38 Å². The third kappa shape index (κ3) is 3.82. The van der Waals surface area contributed by atoms with Gasteiger partial charge in [-0.1, -0.05) is 48.3 Å². The zero-order valence-corrected chi connectivity index (χ0v) is 13.3. The van der Waals surface area contributed by atoms with Crippen LogP contribution in [0.5, 0.6) is 5.75 Å². The highest BCUT2D eigenvalue weighted by molar-refractivity contribution is 6.42. The number of hydrogen-bond donors (Lipinski definition) is 0. The number of benzene rings is 2. The first kappa shape index (κ1) is 15.5. The monoisotopic (exact) mass is 328 g/mol. The van der Waals surface area contributed by atoms with Gasteiger partial charge in [-0.2, -0.15) is 0 Å². The molecule has 1 atom stereocenters. The summed E-state index contributed by atoms with van der Waals surface area (Å²) < 4.78 is 5.62. The fourth-order valence-corrected chi connectivity index (χ4v) is 2.42. The minimum Gasteiger partial charge on any atom is -0.494 e. The largest absolute Gasteiger partial charge is 0.494 e. The van der Waals surface area contributed by atoms with Crippen molar-refractivity contribution in [3.8, 4) is 5.75 Å². The average Bonchev–Trinajstić information content (AvgIpc) is 2.47. The van der Waals surface area contributed by atoms with Crippen LogP contribution >= 0.6 is 34.8 Å². The summed E-state index contributed by atoms with van der Waals surface area (Å²) in [5.41, 5.74) is 1.88. The molecule has 0 aliphatic carbocycles. The molecule has 1 unspecified atom stereocenters. The summed E-state index contributed by atoms with van der Waals surface area (Å²) in [5.74, 6) is 0.829. The number of hydrogen-bond acceptors (Lipinski definition) is 1. The van der Waals surface area contributed by atoms with E-state index < -0.39 is 0 Å². The maximum absolute atomic E-state index is 6.50. The van der Waals surface area contributed by atoms with Gasteiger partial charge in [0.1, 0.15) is 5.75 Å². The van der Waals surface area contributed by atoms with Gasteiger partial charge in [0.15, 0.2) is 0 Å². The van der Waals surface area contributed by atoms with Crippen molar-refractivity contribution in [1.82, 2.24) is 0 Å². The maximum atomic E-state index is 6.50. The summed E-state index contributed by atoms with van der Waals surface area (Å²) in [6.45, 7) is 2.77. The van der Waals surface area contributed by atoms with Gasteiger partial charge in [-0.05, 0) is 41.8 Å². The van der Waals surface area contributed by atoms with Crippen molar-refractivity contribution in [2.75, 3.05) is 6.61 Å². The zero-order valence-electron chi connectivity index (χ0n) is 11.1. The summed E-state index contributed by atoms with van der Waals surface area (Å²) in [5, 5.41) is 0.752. The van der Waals surface area contributed by atoms with Gasteiger partial charge in [0.05, 0.1) is 22.0 Å². The second kappa shape index (κ2) is 7.21. The molecule has 2 rings (SSSR count). The van der Waals surface area contributed by atoms with Crippen LogP contribution in [0.25, 0.3) is 0 Å². The Morgan fingerprint density at radius 1 is 1.00 bits per heavy atom. The van der Waals surface area contributed by atoms with Crippen LogP contribution in [-0.2, 0) is 0 Å². The normalized spacial score (nSPS) is 12.2. The molecule has 2 aromatic carbocycles. The predicted octanol–water partition coefficient (Wildman–Crippen LogP) is 6.11. The molecule has 0 aliphatic heterocycles. The highest BCUT2D eigenvalue weighted by Gasteiger charge is 2.13. The van der Waals surface area contributed by atoms with E-state index in [1.807, 2.05) is 30.3 Å². The summed E-state index contributed by atoms with van der Waals surface area (Å²) in [6, 6.07) is 13.2. The van der Waals surface area contributed by atoms with Crippen molar-refractivity contribution in [3.05, 3.63) is 63.6 Å². The first-order valence-corrected chi connectivity index (χ1v) is 7.63. The van der Waals surface area contributed by atoms with Crippen molar-refractivity contribution in [1.29, 1.82) is 0 Å². The molecule has 0 N–H and O–H groups in total. The molecule has 4 heteroatoms. The van der Waals surface area contributed by atoms with E-state index in [2.05, 4.69) is 6.92 Å². The lowest BCUT2D eigenvalue weighted by Gasteiger charge is -2.13. The Morgan fingerprint density at radius 3 is 2.45 bits per heavy atom. The van der Waals surface area contributed by atoms with Crippen molar-refractivity contribution in [2.24, 2.45) is 0 Å². The molecule has 0 spiro atoms. The molecule has 0 amide bonds. The fraction of sp³-hybridized carbons (Fsp3) is 0.250. The number of ether oxygens (including phenoxy) is 1. The van der Waals surface area contributed by atoms with Crippen LogP contribution in [0.2, 0.25) is 10.0 Å². The third-order valence-electron chi connectivity index (χ3n) is 2.86. The molecule has 20 heavy (non-hydrogen) atoms. The van der Waals surface area contributed by atoms with Gasteiger partial charge in [0.25, 0.3) is 0 Å². The van der Waals surface area contributed by atoms with E-state index in [1.54, 1.807) is 12.1 Å². The zero-order chi connectivity index (χ0) is 14.5. The lowest BCUT2D eigenvalue weighted by Crippen LogP contribution is -1.97. The number of rotatable bonds is 5. The Balaban J connectivity index is 2.23. The minimum atomic E-state index is -0.282. The van der Waals surface area contributed by atoms with Crippen LogP contribution in [-0.4, -0.2) is 6.61 Å². The molecule has 0 fully saturated rings. The molecule has 0 saturated carbocycles. The summed E-state index contributed by atoms with van der Waals surface area (Å²) in [6.07, 6.45) is 0.974. The molecule has 106 valence electrons. The first-order chi connectivity index (χ1) is 9.61. The van der Waals surface area contributed by atoms with Crippen LogP contribution in [0, 0.1) is 0 Å². The van der Waals surface area contributed by atoms with Gasteiger partial charge in [-0.15, -0.1) is 11.6 Å². The number of alkyl halides is 1. The molecular weight excluding hydrogens is 315 g/mol. The Labute approximate surface area is 134 Å². The van der Waals surface area contributed by atoms with Gasteiger partial charge in [0, 0.05) is 0 Å². The fourth-order valence-electron chi connectivity index (χ4n) is 1.84. The van der Waals surface area contributed by atoms with E-state index in [1.165, 1.54) is 0 Å². The minimum absolute atomic E-state index is 0.282. The molecule has 0 aromatic heterocycles. The average molecular weight is 330 g/mol. The van der Waals surface area contributed by atoms with Crippen molar-refractivity contribution in [3.63, 3.8) is 0 Å². The van der Waals surface area contributed by atoms with Crippen LogP contribution in [0.15, 0.2) is 42.5 Å². The Bertz CT molecular complexity index is 584. The molecule has 0 radical (unpaired) electrons. The lowest BCUT2D eigenvalue weighted by molar-refractivity contribution is 0.317. The smallest absolute Gasteiger partial charge is 0.119 e. The topological polar surface area (TPSA) is 9.23 Å². The van der Waals surface area contributed by atoms with Crippen LogP contribution in [0.4, 0.5) is 0 Å². The summed E-state index contributed by atoms with van der Waals surface area (Å²) in [4.78, 5) is 0. The Kier molecular flexibility index (Phi) is 5.59. The maximum Gasteiger partial charge on any atom is 0.119 e. The van der Waals surface area contributed by atoms with E-state index in [4.69, 9.17) is 39.5 Å². The van der Waals surface area contributed by atoms with E-state index in [0.717, 1.165) is 23.3 Å². The molecule has 2 aromatic rings. The highest BCUT2D eigenvalue weighted by Crippen LogP contribution is 2.34. The van der Waals surface area contributed by atoms with Crippen LogP contribution in [0.3, 0.4) is 0 Å². The van der Waals surface area contributed by atoms with Gasteiger partial charge < -0.3 is 4.74 Å². The van der Waals surface area contributed by atoms with Gasteiger partial charge >= 0.3 is 0 Å². The molecule has 0 heterocycles. The Morgan fingerprint density at radius 2 is 1.75 bits per heavy atom. The van der Waals surface area contributed by atoms with Crippen molar-refractivity contribution in [2.45, 2.75) is 18.7 Å². The standard InChI is InChI=1S/C16H15Cl3O/c1-2-8-20-13-5-3-4-11(9-13)16(19)12-6-7-14(17)15(18)10-12/h3-7,9-10,16H,2,8H2,1H3. The molecule has 1 nitrogen and oxygen atoms in total. The highest BCUT2D eigenvalue weighted by atomic mass is 35.5. The first-order valence-electron chi connectivity index (χ1n) is 6.43. The van der Waals surface area contributed by atoms with Crippen molar-refractivity contribution >= 4 is 34.8 Å². The van der Waals surface area contributed by atoms with Crippen molar-refractivity contribution < 1.29 is 4.74 Å². The van der Waals surface area contributed by atoms with Crippen LogP contribution in [0.1, 0.15) is 29.8 Å². The number of halogens is 3. The van der Waals surface area contributed by atoms with Gasteiger partial charge in [0.2, 0.25) is 0 Å². The molecule has 0 saturated heterocycles. The second-order valence-corrected chi connectivity index (χ2v) is 5.71. The third-order valence-corrected chi connectivity index (χ3v) is 4.10. The molecule has 0 bridgehead atoms. The Hall–Kier alpha value is -0.890. The van der Waals surface area contributed by atoms with Gasteiger partial charge in [-0.3, -0.25) is 0 Å². The lowest BCUT2D eigenvalue weighted by atomic mass is 10.0. The van der Waals surface area contributed by atoms with E-state index in [9.17, 15) is 0 Å². The molecule has 0 aliphatic rings. The second-order valence-electron chi connectivity index (χ2n) is 4.46. The summed E-state index contributed by atoms with van der Waals surface area (Å²) >= 11 is 18.5.